The fourth-order valence-corrected chi connectivity index (χ4v) is 12.9. The quantitative estimate of drug-likeness (QED) is 0.192. The first-order valence-corrected chi connectivity index (χ1v) is 18.6. The molecule has 5 aliphatic rings. The van der Waals surface area contributed by atoms with Crippen LogP contribution in [0.2, 0.25) is 0 Å². The standard InChI is InChI=1S/C37H46O5S2/c1-5-41-33(38)14-15-43-26-18-27-28(19-26)30-20-29(27)34-21-16-31(35(30)34)32(17-21)44-36(39)42-25-12-8-23(9-13-25)37(2,3)22-6-10-24(40-4)11-7-22/h6-13,21,26-32,34-35H,5,14-20H2,1-4H3. The molecule has 0 heterocycles. The molecule has 0 N–H and O–H groups in total. The maximum absolute atomic E-state index is 13.2. The van der Waals surface area contributed by atoms with Crippen molar-refractivity contribution in [1.29, 1.82) is 0 Å². The summed E-state index contributed by atoms with van der Waals surface area (Å²) < 4.78 is 16.3. The van der Waals surface area contributed by atoms with Crippen molar-refractivity contribution in [2.45, 2.75) is 75.2 Å². The van der Waals surface area contributed by atoms with Crippen LogP contribution in [0.1, 0.15) is 70.4 Å². The van der Waals surface area contributed by atoms with Gasteiger partial charge >= 0.3 is 11.3 Å². The third-order valence-corrected chi connectivity index (χ3v) is 14.5. The van der Waals surface area contributed by atoms with Crippen molar-refractivity contribution in [2.75, 3.05) is 19.5 Å². The highest BCUT2D eigenvalue weighted by atomic mass is 32.2. The zero-order valence-corrected chi connectivity index (χ0v) is 28.0. The molecule has 4 bridgehead atoms. The Balaban J connectivity index is 0.927. The highest BCUT2D eigenvalue weighted by molar-refractivity contribution is 8.13. The fourth-order valence-electron chi connectivity index (χ4n) is 10.4. The van der Waals surface area contributed by atoms with Gasteiger partial charge < -0.3 is 14.2 Å². The summed E-state index contributed by atoms with van der Waals surface area (Å²) in [6.07, 6.45) is 7.14. The molecule has 10 atom stereocenters. The highest BCUT2D eigenvalue weighted by Crippen LogP contribution is 2.74. The predicted octanol–water partition coefficient (Wildman–Crippen LogP) is 8.62. The van der Waals surface area contributed by atoms with Crippen LogP contribution in [0, 0.1) is 47.3 Å². The van der Waals surface area contributed by atoms with E-state index >= 15 is 0 Å². The summed E-state index contributed by atoms with van der Waals surface area (Å²) in [7, 11) is 1.68. The summed E-state index contributed by atoms with van der Waals surface area (Å²) in [6.45, 7) is 6.77. The van der Waals surface area contributed by atoms with Gasteiger partial charge in [-0.05, 0) is 134 Å². The van der Waals surface area contributed by atoms with E-state index in [1.165, 1.54) is 55.0 Å². The summed E-state index contributed by atoms with van der Waals surface area (Å²) >= 11 is 3.49. The van der Waals surface area contributed by atoms with Crippen LogP contribution in [0.15, 0.2) is 48.5 Å². The van der Waals surface area contributed by atoms with Gasteiger partial charge in [0.05, 0.1) is 20.1 Å². The molecule has 5 aliphatic carbocycles. The Kier molecular flexibility index (Phi) is 8.49. The molecule has 5 nitrogen and oxygen atoms in total. The molecule has 44 heavy (non-hydrogen) atoms. The van der Waals surface area contributed by atoms with Gasteiger partial charge in [-0.15, -0.1) is 0 Å². The zero-order chi connectivity index (χ0) is 30.6. The molecular formula is C37H46O5S2. The van der Waals surface area contributed by atoms with Crippen LogP contribution in [0.4, 0.5) is 4.79 Å². The molecule has 0 aromatic heterocycles. The molecule has 10 unspecified atom stereocenters. The summed E-state index contributed by atoms with van der Waals surface area (Å²) in [6, 6.07) is 16.2. The number of hydrogen-bond donors (Lipinski definition) is 0. The number of rotatable bonds is 10. The Morgan fingerprint density at radius 1 is 0.795 bits per heavy atom. The predicted molar refractivity (Wildman–Crippen MR) is 177 cm³/mol. The number of ether oxygens (including phenoxy) is 3. The summed E-state index contributed by atoms with van der Waals surface area (Å²) in [5, 5.41) is 0.951. The summed E-state index contributed by atoms with van der Waals surface area (Å²) in [4.78, 5) is 25.0. The van der Waals surface area contributed by atoms with Crippen molar-refractivity contribution in [1.82, 2.24) is 0 Å². The number of methoxy groups -OCH3 is 1. The summed E-state index contributed by atoms with van der Waals surface area (Å²) in [5.74, 6) is 8.98. The van der Waals surface area contributed by atoms with E-state index in [2.05, 4.69) is 38.1 Å². The lowest BCUT2D eigenvalue weighted by molar-refractivity contribution is -0.142. The number of fused-ring (bicyclic) bond motifs is 12. The van der Waals surface area contributed by atoms with Crippen LogP contribution >= 0.6 is 23.5 Å². The van der Waals surface area contributed by atoms with Crippen LogP contribution in [-0.2, 0) is 14.9 Å². The van der Waals surface area contributed by atoms with Crippen molar-refractivity contribution >= 4 is 34.8 Å². The van der Waals surface area contributed by atoms with Gasteiger partial charge in [-0.25, -0.2) is 4.79 Å². The molecule has 0 amide bonds. The van der Waals surface area contributed by atoms with Crippen molar-refractivity contribution in [2.24, 2.45) is 47.3 Å². The van der Waals surface area contributed by atoms with E-state index in [1.807, 2.05) is 43.0 Å². The normalized spacial score (nSPS) is 34.5. The first kappa shape index (κ1) is 30.5. The van der Waals surface area contributed by atoms with Gasteiger partial charge in [0.15, 0.2) is 0 Å². The van der Waals surface area contributed by atoms with E-state index in [0.717, 1.165) is 52.9 Å². The van der Waals surface area contributed by atoms with Gasteiger partial charge in [-0.3, -0.25) is 4.79 Å². The lowest BCUT2D eigenvalue weighted by atomic mass is 9.64. The Morgan fingerprint density at radius 3 is 2.07 bits per heavy atom. The number of carbonyl (C=O) groups is 2. The van der Waals surface area contributed by atoms with Crippen LogP contribution in [0.3, 0.4) is 0 Å². The lowest BCUT2D eigenvalue weighted by Gasteiger charge is -2.43. The topological polar surface area (TPSA) is 61.8 Å². The van der Waals surface area contributed by atoms with Crippen molar-refractivity contribution in [3.8, 4) is 11.5 Å². The van der Waals surface area contributed by atoms with E-state index < -0.39 is 0 Å². The molecule has 0 radical (unpaired) electrons. The maximum Gasteiger partial charge on any atom is 0.372 e. The van der Waals surface area contributed by atoms with Gasteiger partial charge in [-0.1, -0.05) is 38.1 Å². The van der Waals surface area contributed by atoms with Crippen LogP contribution in [0.5, 0.6) is 11.5 Å². The smallest absolute Gasteiger partial charge is 0.372 e. The lowest BCUT2D eigenvalue weighted by Crippen LogP contribution is -2.39. The zero-order valence-electron chi connectivity index (χ0n) is 26.4. The van der Waals surface area contributed by atoms with Crippen LogP contribution in [-0.4, -0.2) is 41.2 Å². The molecule has 2 aromatic rings. The average Bonchev–Trinajstić information content (AvgIpc) is 3.82. The minimum atomic E-state index is -0.177. The second kappa shape index (κ2) is 12.2. The molecule has 0 aliphatic heterocycles. The maximum atomic E-state index is 13.2. The molecule has 7 heteroatoms. The molecule has 7 rings (SSSR count). The minimum absolute atomic E-state index is 0.0582. The number of carbonyl (C=O) groups excluding carboxylic acids is 2. The van der Waals surface area contributed by atoms with E-state index in [4.69, 9.17) is 14.2 Å². The largest absolute Gasteiger partial charge is 0.497 e. The van der Waals surface area contributed by atoms with Gasteiger partial charge in [-0.2, -0.15) is 11.8 Å². The Hall–Kier alpha value is -2.12. The number of thioether (sulfide) groups is 2. The van der Waals surface area contributed by atoms with E-state index in [-0.39, 0.29) is 16.7 Å². The molecule has 5 fully saturated rings. The minimum Gasteiger partial charge on any atom is -0.497 e. The van der Waals surface area contributed by atoms with Crippen molar-refractivity contribution < 1.29 is 23.8 Å². The van der Waals surface area contributed by atoms with E-state index in [9.17, 15) is 9.59 Å². The average molecular weight is 635 g/mol. The first-order valence-electron chi connectivity index (χ1n) is 16.7. The van der Waals surface area contributed by atoms with E-state index in [0.29, 0.717) is 35.2 Å². The monoisotopic (exact) mass is 634 g/mol. The highest BCUT2D eigenvalue weighted by Gasteiger charge is 2.68. The third kappa shape index (κ3) is 5.48. The molecule has 2 aromatic carbocycles. The van der Waals surface area contributed by atoms with Gasteiger partial charge in [0.1, 0.15) is 11.5 Å². The number of esters is 1. The SMILES string of the molecule is CCOC(=O)CCSC1CC2C(C1)C1CC2C2C3CC(SC(=O)Oc4ccc(C(C)(C)c5ccc(OC)cc5)cc4)C(C3)C12. The molecule has 0 spiro atoms. The molecular weight excluding hydrogens is 589 g/mol. The second-order valence-corrected chi connectivity index (χ2v) is 16.9. The van der Waals surface area contributed by atoms with E-state index in [1.54, 1.807) is 7.11 Å². The Morgan fingerprint density at radius 2 is 1.43 bits per heavy atom. The number of hydrogen-bond acceptors (Lipinski definition) is 7. The fraction of sp³-hybridized carbons (Fsp3) is 0.622. The van der Waals surface area contributed by atoms with Gasteiger partial charge in [0, 0.05) is 21.7 Å². The molecule has 236 valence electrons. The first-order chi connectivity index (χ1) is 21.3. The van der Waals surface area contributed by atoms with Crippen molar-refractivity contribution in [3.63, 3.8) is 0 Å². The van der Waals surface area contributed by atoms with Gasteiger partial charge in [0.25, 0.3) is 0 Å². The van der Waals surface area contributed by atoms with Gasteiger partial charge in [0.2, 0.25) is 0 Å². The Labute approximate surface area is 270 Å². The molecule has 0 saturated heterocycles. The number of benzene rings is 2. The van der Waals surface area contributed by atoms with Crippen LogP contribution in [0.25, 0.3) is 0 Å². The summed E-state index contributed by atoms with van der Waals surface area (Å²) in [5.41, 5.74) is 2.21. The third-order valence-electron chi connectivity index (χ3n) is 12.1. The molecule has 5 saturated carbocycles. The Bertz CT molecular complexity index is 1360. The van der Waals surface area contributed by atoms with Crippen molar-refractivity contribution in [3.05, 3.63) is 59.7 Å². The second-order valence-electron chi connectivity index (χ2n) is 14.3. The van der Waals surface area contributed by atoms with Crippen LogP contribution < -0.4 is 9.47 Å².